The molecule has 2 unspecified atom stereocenters. The molecule has 0 saturated carbocycles. The first-order valence-corrected chi connectivity index (χ1v) is 10.6. The number of sulfonamides is 1. The standard InChI is InChI=1S/C19H25N3O6S/c1-13-5-6-16(9-14(13)2)29(26,27)22-11-15(23)10-17(22)19(25)28-12-18(24)21(3)8-4-7-20/h5-6,9,15,17,23H,4,8,10-12H2,1-3H3. The Morgan fingerprint density at radius 1 is 1.34 bits per heavy atom. The number of likely N-dealkylation sites (N-methyl/N-ethyl adjacent to an activating group) is 1. The van der Waals surface area contributed by atoms with E-state index in [2.05, 4.69) is 0 Å². The molecule has 1 aromatic carbocycles. The van der Waals surface area contributed by atoms with Crippen LogP contribution in [0.25, 0.3) is 0 Å². The van der Waals surface area contributed by atoms with Gasteiger partial charge in [-0.15, -0.1) is 0 Å². The monoisotopic (exact) mass is 423 g/mol. The molecular formula is C19H25N3O6S. The van der Waals surface area contributed by atoms with Gasteiger partial charge in [0.25, 0.3) is 5.91 Å². The Bertz CT molecular complexity index is 924. The van der Waals surface area contributed by atoms with Crippen LogP contribution in [0.15, 0.2) is 23.1 Å². The van der Waals surface area contributed by atoms with Crippen LogP contribution in [0, 0.1) is 25.2 Å². The van der Waals surface area contributed by atoms with Gasteiger partial charge in [0.1, 0.15) is 6.04 Å². The Morgan fingerprint density at radius 2 is 2.03 bits per heavy atom. The predicted octanol–water partition coefficient (Wildman–Crippen LogP) is 0.343. The molecule has 1 heterocycles. The molecule has 1 aliphatic rings. The first-order chi connectivity index (χ1) is 13.6. The van der Waals surface area contributed by atoms with Crippen molar-refractivity contribution in [3.63, 3.8) is 0 Å². The zero-order valence-corrected chi connectivity index (χ0v) is 17.5. The van der Waals surface area contributed by atoms with Crippen LogP contribution in [0.4, 0.5) is 0 Å². The van der Waals surface area contributed by atoms with Gasteiger partial charge in [-0.25, -0.2) is 8.42 Å². The number of nitrogens with zero attached hydrogens (tertiary/aromatic N) is 3. The summed E-state index contributed by atoms with van der Waals surface area (Å²) in [6.45, 7) is 3.04. The third-order valence-electron chi connectivity index (χ3n) is 4.91. The maximum atomic E-state index is 13.0. The van der Waals surface area contributed by atoms with E-state index in [1.165, 1.54) is 24.1 Å². The Labute approximate surface area is 170 Å². The van der Waals surface area contributed by atoms with Gasteiger partial charge in [0, 0.05) is 26.6 Å². The van der Waals surface area contributed by atoms with Crippen molar-refractivity contribution in [1.29, 1.82) is 5.26 Å². The minimum absolute atomic E-state index is 0.0276. The average Bonchev–Trinajstić information content (AvgIpc) is 3.08. The summed E-state index contributed by atoms with van der Waals surface area (Å²) in [5.74, 6) is -1.40. The number of hydrogen-bond acceptors (Lipinski definition) is 7. The molecule has 1 saturated heterocycles. The van der Waals surface area contributed by atoms with E-state index in [4.69, 9.17) is 10.00 Å². The molecule has 9 nitrogen and oxygen atoms in total. The summed E-state index contributed by atoms with van der Waals surface area (Å²) >= 11 is 0. The minimum Gasteiger partial charge on any atom is -0.454 e. The van der Waals surface area contributed by atoms with Crippen molar-refractivity contribution < 1.29 is 27.9 Å². The molecular weight excluding hydrogens is 398 g/mol. The zero-order chi connectivity index (χ0) is 21.8. The van der Waals surface area contributed by atoms with Crippen molar-refractivity contribution in [3.8, 4) is 6.07 Å². The molecule has 1 N–H and O–H groups in total. The lowest BCUT2D eigenvalue weighted by Crippen LogP contribution is -2.42. The van der Waals surface area contributed by atoms with Crippen molar-refractivity contribution >= 4 is 21.9 Å². The fraction of sp³-hybridized carbons (Fsp3) is 0.526. The highest BCUT2D eigenvalue weighted by atomic mass is 32.2. The molecule has 0 radical (unpaired) electrons. The van der Waals surface area contributed by atoms with Crippen LogP contribution in [-0.4, -0.2) is 73.5 Å². The summed E-state index contributed by atoms with van der Waals surface area (Å²) in [6.07, 6.45) is -0.975. The second kappa shape index (κ2) is 9.35. The second-order valence-corrected chi connectivity index (χ2v) is 8.95. The molecule has 0 aliphatic carbocycles. The van der Waals surface area contributed by atoms with E-state index in [-0.39, 0.29) is 30.8 Å². The highest BCUT2D eigenvalue weighted by Crippen LogP contribution is 2.28. The number of ether oxygens (including phenoxy) is 1. The normalized spacial score (nSPS) is 19.6. The van der Waals surface area contributed by atoms with Gasteiger partial charge in [0.05, 0.1) is 23.5 Å². The number of nitriles is 1. The molecule has 10 heteroatoms. The lowest BCUT2D eigenvalue weighted by molar-refractivity contribution is -0.154. The number of carbonyl (C=O) groups excluding carboxylic acids is 2. The van der Waals surface area contributed by atoms with Crippen LogP contribution < -0.4 is 0 Å². The van der Waals surface area contributed by atoms with E-state index in [9.17, 15) is 23.1 Å². The van der Waals surface area contributed by atoms with Crippen molar-refractivity contribution in [2.24, 2.45) is 0 Å². The number of aliphatic hydroxyl groups excluding tert-OH is 1. The molecule has 1 aromatic rings. The lowest BCUT2D eigenvalue weighted by atomic mass is 10.1. The predicted molar refractivity (Wildman–Crippen MR) is 103 cm³/mol. The Hall–Kier alpha value is -2.48. The fourth-order valence-electron chi connectivity index (χ4n) is 2.96. The fourth-order valence-corrected chi connectivity index (χ4v) is 4.67. The van der Waals surface area contributed by atoms with Crippen LogP contribution >= 0.6 is 0 Å². The van der Waals surface area contributed by atoms with Gasteiger partial charge in [-0.1, -0.05) is 6.07 Å². The summed E-state index contributed by atoms with van der Waals surface area (Å²) in [4.78, 5) is 25.7. The zero-order valence-electron chi connectivity index (χ0n) is 16.7. The van der Waals surface area contributed by atoms with Crippen molar-refractivity contribution in [3.05, 3.63) is 29.3 Å². The topological polar surface area (TPSA) is 128 Å². The molecule has 1 aliphatic heterocycles. The van der Waals surface area contributed by atoms with E-state index >= 15 is 0 Å². The van der Waals surface area contributed by atoms with Gasteiger partial charge >= 0.3 is 5.97 Å². The van der Waals surface area contributed by atoms with E-state index in [0.29, 0.717) is 0 Å². The molecule has 0 aromatic heterocycles. The van der Waals surface area contributed by atoms with E-state index in [0.717, 1.165) is 15.4 Å². The number of benzene rings is 1. The van der Waals surface area contributed by atoms with E-state index in [1.807, 2.05) is 13.0 Å². The molecule has 1 amide bonds. The second-order valence-electron chi connectivity index (χ2n) is 7.06. The first-order valence-electron chi connectivity index (χ1n) is 9.12. The lowest BCUT2D eigenvalue weighted by Gasteiger charge is -2.23. The smallest absolute Gasteiger partial charge is 0.325 e. The van der Waals surface area contributed by atoms with Gasteiger partial charge in [0.15, 0.2) is 6.61 Å². The molecule has 2 rings (SSSR count). The van der Waals surface area contributed by atoms with Gasteiger partial charge in [-0.05, 0) is 37.1 Å². The molecule has 0 spiro atoms. The number of carbonyl (C=O) groups is 2. The number of aryl methyl sites for hydroxylation is 2. The third-order valence-corrected chi connectivity index (χ3v) is 6.78. The highest BCUT2D eigenvalue weighted by Gasteiger charge is 2.44. The average molecular weight is 423 g/mol. The number of β-amino-alcohol motifs (C(OH)–C–C–N with tert-alkyl or cyclic N) is 1. The number of amides is 1. The highest BCUT2D eigenvalue weighted by molar-refractivity contribution is 7.89. The van der Waals surface area contributed by atoms with Gasteiger partial charge < -0.3 is 14.7 Å². The maximum Gasteiger partial charge on any atom is 0.325 e. The summed E-state index contributed by atoms with van der Waals surface area (Å²) in [5, 5.41) is 18.5. The summed E-state index contributed by atoms with van der Waals surface area (Å²) < 4.78 is 32.0. The summed E-state index contributed by atoms with van der Waals surface area (Å²) in [6, 6.07) is 5.35. The summed E-state index contributed by atoms with van der Waals surface area (Å²) in [7, 11) is -2.56. The number of esters is 1. The quantitative estimate of drug-likeness (QED) is 0.626. The van der Waals surface area contributed by atoms with Crippen LogP contribution in [0.3, 0.4) is 0 Å². The molecule has 2 atom stereocenters. The number of aliphatic hydroxyl groups is 1. The Morgan fingerprint density at radius 3 is 2.66 bits per heavy atom. The van der Waals surface area contributed by atoms with E-state index < -0.39 is 40.7 Å². The van der Waals surface area contributed by atoms with Crippen molar-refractivity contribution in [2.45, 2.75) is 43.7 Å². The SMILES string of the molecule is Cc1ccc(S(=O)(=O)N2CC(O)CC2C(=O)OCC(=O)N(C)CCC#N)cc1C. The van der Waals surface area contributed by atoms with E-state index in [1.54, 1.807) is 13.0 Å². The van der Waals surface area contributed by atoms with Crippen LogP contribution in [0.2, 0.25) is 0 Å². The van der Waals surface area contributed by atoms with Gasteiger partial charge in [0.2, 0.25) is 10.0 Å². The van der Waals surface area contributed by atoms with Crippen LogP contribution in [0.1, 0.15) is 24.0 Å². The number of rotatable bonds is 7. The molecule has 29 heavy (non-hydrogen) atoms. The van der Waals surface area contributed by atoms with Crippen LogP contribution in [0.5, 0.6) is 0 Å². The van der Waals surface area contributed by atoms with Crippen LogP contribution in [-0.2, 0) is 24.3 Å². The Balaban J connectivity index is 2.13. The number of hydrogen-bond donors (Lipinski definition) is 1. The maximum absolute atomic E-state index is 13.0. The Kier molecular flexibility index (Phi) is 7.35. The van der Waals surface area contributed by atoms with Crippen molar-refractivity contribution in [2.75, 3.05) is 26.7 Å². The summed E-state index contributed by atoms with van der Waals surface area (Å²) in [5.41, 5.74) is 1.72. The van der Waals surface area contributed by atoms with Gasteiger partial charge in [-0.2, -0.15) is 9.57 Å². The minimum atomic E-state index is -4.03. The molecule has 0 bridgehead atoms. The third kappa shape index (κ3) is 5.32. The van der Waals surface area contributed by atoms with Gasteiger partial charge in [-0.3, -0.25) is 9.59 Å². The largest absolute Gasteiger partial charge is 0.454 e. The van der Waals surface area contributed by atoms with Crippen molar-refractivity contribution in [1.82, 2.24) is 9.21 Å². The molecule has 1 fully saturated rings. The first kappa shape index (κ1) is 22.8. The molecule has 158 valence electrons.